The number of likely N-dealkylation sites (N-methyl/N-ethyl adjacent to an activating group) is 1. The van der Waals surface area contributed by atoms with Gasteiger partial charge in [0.2, 0.25) is 5.91 Å². The number of phosphoric acid groups is 1. The molecule has 3 atom stereocenters. The second-order valence-corrected chi connectivity index (χ2v) is 27.6. The van der Waals surface area contributed by atoms with Crippen molar-refractivity contribution in [2.75, 3.05) is 40.9 Å². The molecule has 0 rings (SSSR count). The Hall–Kier alpha value is -1.77. The molecule has 0 saturated heterocycles. The average Bonchev–Trinajstić information content (AvgIpc) is 3.51. The van der Waals surface area contributed by atoms with Crippen LogP contribution in [0.5, 0.6) is 0 Å². The molecule has 490 valence electrons. The van der Waals surface area contributed by atoms with E-state index in [1.807, 2.05) is 33.3 Å². The molecule has 0 aromatic heterocycles. The summed E-state index contributed by atoms with van der Waals surface area (Å²) in [5, 5.41) is 3.08. The van der Waals surface area contributed by atoms with Crippen LogP contribution in [0.4, 0.5) is 0 Å². The van der Waals surface area contributed by atoms with E-state index >= 15 is 0 Å². The summed E-state index contributed by atoms with van der Waals surface area (Å²) >= 11 is 0. The third kappa shape index (κ3) is 64.5. The first-order valence-electron chi connectivity index (χ1n) is 36.3. The monoisotopic (exact) mass is 1190 g/mol. The number of esters is 1. The van der Waals surface area contributed by atoms with E-state index in [4.69, 9.17) is 13.8 Å². The first-order chi connectivity index (χ1) is 40.4. The number of rotatable bonds is 67. The summed E-state index contributed by atoms with van der Waals surface area (Å²) in [6, 6.07) is -0.847. The summed E-state index contributed by atoms with van der Waals surface area (Å²) in [6.45, 7) is 7.04. The zero-order valence-electron chi connectivity index (χ0n) is 56.2. The zero-order chi connectivity index (χ0) is 60.7. The van der Waals surface area contributed by atoms with Crippen molar-refractivity contribution in [1.29, 1.82) is 0 Å². The minimum Gasteiger partial charge on any atom is -0.456 e. The van der Waals surface area contributed by atoms with Crippen molar-refractivity contribution in [2.24, 2.45) is 0 Å². The number of hydrogen-bond donors (Lipinski definition) is 2. The molecule has 0 heterocycles. The Balaban J connectivity index is 4.93. The van der Waals surface area contributed by atoms with E-state index in [0.29, 0.717) is 23.9 Å². The molecule has 0 saturated carbocycles. The molecule has 0 radical (unpaired) electrons. The van der Waals surface area contributed by atoms with Crippen LogP contribution in [-0.2, 0) is 27.9 Å². The fourth-order valence-electron chi connectivity index (χ4n) is 11.0. The van der Waals surface area contributed by atoms with E-state index in [-0.39, 0.29) is 25.1 Å². The van der Waals surface area contributed by atoms with E-state index in [1.54, 1.807) is 0 Å². The minimum absolute atomic E-state index is 0.0422. The van der Waals surface area contributed by atoms with Gasteiger partial charge in [0, 0.05) is 12.8 Å². The van der Waals surface area contributed by atoms with Gasteiger partial charge in [-0.25, -0.2) is 4.57 Å². The Morgan fingerprint density at radius 2 is 0.735 bits per heavy atom. The molecule has 1 amide bonds. The molecule has 0 aliphatic rings. The van der Waals surface area contributed by atoms with Gasteiger partial charge < -0.3 is 19.4 Å². The third-order valence-electron chi connectivity index (χ3n) is 16.6. The van der Waals surface area contributed by atoms with Crippen molar-refractivity contribution in [1.82, 2.24) is 5.32 Å². The number of amides is 1. The highest BCUT2D eigenvalue weighted by atomic mass is 31.2. The highest BCUT2D eigenvalue weighted by molar-refractivity contribution is 7.47. The SMILES string of the molecule is CCCCC/C=C\C/C=C\CCCCCCCCCCCC(=O)OC(/C=C\CCCCCCCCCCC)C(COP(=O)(O)OCC[N+](C)(C)C)NC(=O)CCCCCCCCCCCCCCCCCCCCCCCCCCCCC. The zero-order valence-corrected chi connectivity index (χ0v) is 57.1. The summed E-state index contributed by atoms with van der Waals surface area (Å²) in [5.74, 6) is -0.491. The van der Waals surface area contributed by atoms with Gasteiger partial charge >= 0.3 is 13.8 Å². The van der Waals surface area contributed by atoms with E-state index in [0.717, 1.165) is 64.2 Å². The molecule has 0 aromatic rings. The molecule has 0 spiro atoms. The molecule has 3 unspecified atom stereocenters. The number of carbonyl (C=O) groups excluding carboxylic acids is 2. The molecule has 0 aliphatic carbocycles. The maximum Gasteiger partial charge on any atom is 0.472 e. The van der Waals surface area contributed by atoms with Crippen LogP contribution in [0.1, 0.15) is 367 Å². The Kier molecular flexibility index (Phi) is 61.9. The predicted molar refractivity (Wildman–Crippen MR) is 360 cm³/mol. The summed E-state index contributed by atoms with van der Waals surface area (Å²) in [6.07, 6.45) is 78.8. The second-order valence-electron chi connectivity index (χ2n) is 26.1. The van der Waals surface area contributed by atoms with Gasteiger partial charge in [0.25, 0.3) is 0 Å². The quantitative estimate of drug-likeness (QED) is 0.0205. The average molecular weight is 1190 g/mol. The van der Waals surface area contributed by atoms with Crippen molar-refractivity contribution in [3.8, 4) is 0 Å². The maximum atomic E-state index is 13.6. The van der Waals surface area contributed by atoms with Gasteiger partial charge in [-0.15, -0.1) is 0 Å². The van der Waals surface area contributed by atoms with Gasteiger partial charge in [0.15, 0.2) is 0 Å². The number of allylic oxidation sites excluding steroid dienone is 5. The van der Waals surface area contributed by atoms with E-state index in [1.165, 1.54) is 270 Å². The predicted octanol–water partition coefficient (Wildman–Crippen LogP) is 23.0. The summed E-state index contributed by atoms with van der Waals surface area (Å²) in [4.78, 5) is 37.9. The van der Waals surface area contributed by atoms with Crippen LogP contribution in [0.2, 0.25) is 0 Å². The Labute approximate surface area is 516 Å². The summed E-state index contributed by atoms with van der Waals surface area (Å²) in [5.41, 5.74) is 0. The molecule has 0 aromatic carbocycles. The molecule has 2 N–H and O–H groups in total. The fourth-order valence-corrected chi connectivity index (χ4v) is 11.7. The Bertz CT molecular complexity index is 1510. The molecular weight excluding hydrogens is 1050 g/mol. The van der Waals surface area contributed by atoms with Gasteiger partial charge in [-0.1, -0.05) is 327 Å². The molecule has 0 bridgehead atoms. The van der Waals surface area contributed by atoms with Crippen LogP contribution in [0.15, 0.2) is 36.5 Å². The number of ether oxygens (including phenoxy) is 1. The lowest BCUT2D eigenvalue weighted by molar-refractivity contribution is -0.870. The number of unbranched alkanes of at least 4 members (excludes halogenated alkanes) is 47. The first-order valence-corrected chi connectivity index (χ1v) is 37.8. The standard InChI is InChI=1S/C73H141N2O7P/c1-7-10-13-16-19-22-25-27-29-31-33-34-35-36-37-38-39-40-42-43-45-47-50-53-56-59-62-65-72(76)74-70(69-81-83(78,79)80-68-67-75(4,5)6)71(64-61-58-55-52-49-24-21-18-15-12-9-3)82-73(77)66-63-60-57-54-51-48-46-44-41-32-30-28-26-23-20-17-14-11-8-2/h20,23,28,30,61,64,70-71H,7-19,21-22,24-27,29,31-60,62-63,65-69H2,1-6H3,(H-,74,76,78,79)/p+1/b23-20-,30-28-,64-61-. The second kappa shape index (κ2) is 63.3. The third-order valence-corrected chi connectivity index (χ3v) is 17.6. The van der Waals surface area contributed by atoms with Crippen LogP contribution in [0, 0.1) is 0 Å². The number of nitrogens with zero attached hydrogens (tertiary/aromatic N) is 1. The van der Waals surface area contributed by atoms with Gasteiger partial charge in [-0.3, -0.25) is 18.6 Å². The Morgan fingerprint density at radius 3 is 1.11 bits per heavy atom. The largest absolute Gasteiger partial charge is 0.472 e. The van der Waals surface area contributed by atoms with Gasteiger partial charge in [-0.2, -0.15) is 0 Å². The van der Waals surface area contributed by atoms with Crippen molar-refractivity contribution in [3.63, 3.8) is 0 Å². The van der Waals surface area contributed by atoms with Crippen LogP contribution in [-0.4, -0.2) is 74.3 Å². The number of phosphoric ester groups is 1. The summed E-state index contributed by atoms with van der Waals surface area (Å²) < 4.78 is 30.8. The minimum atomic E-state index is -4.45. The lowest BCUT2D eigenvalue weighted by Gasteiger charge is -2.27. The van der Waals surface area contributed by atoms with Gasteiger partial charge in [-0.05, 0) is 63.9 Å². The molecule has 0 aliphatic heterocycles. The van der Waals surface area contributed by atoms with Crippen LogP contribution >= 0.6 is 7.82 Å². The van der Waals surface area contributed by atoms with E-state index < -0.39 is 20.0 Å². The smallest absolute Gasteiger partial charge is 0.456 e. The van der Waals surface area contributed by atoms with Gasteiger partial charge in [0.05, 0.1) is 33.8 Å². The van der Waals surface area contributed by atoms with Gasteiger partial charge in [0.1, 0.15) is 19.3 Å². The molecule has 83 heavy (non-hydrogen) atoms. The molecule has 10 heteroatoms. The van der Waals surface area contributed by atoms with E-state index in [9.17, 15) is 19.0 Å². The van der Waals surface area contributed by atoms with Crippen LogP contribution in [0.3, 0.4) is 0 Å². The van der Waals surface area contributed by atoms with Crippen molar-refractivity contribution < 1.29 is 37.3 Å². The number of hydrogen-bond acceptors (Lipinski definition) is 6. The highest BCUT2D eigenvalue weighted by Gasteiger charge is 2.30. The first kappa shape index (κ1) is 81.2. The summed E-state index contributed by atoms with van der Waals surface area (Å²) in [7, 11) is 1.51. The maximum absolute atomic E-state index is 13.6. The van der Waals surface area contributed by atoms with Crippen molar-refractivity contribution in [3.05, 3.63) is 36.5 Å². The molecule has 9 nitrogen and oxygen atoms in total. The lowest BCUT2D eigenvalue weighted by atomic mass is 10.0. The van der Waals surface area contributed by atoms with Crippen molar-refractivity contribution in [2.45, 2.75) is 380 Å². The van der Waals surface area contributed by atoms with Crippen LogP contribution < -0.4 is 5.32 Å². The highest BCUT2D eigenvalue weighted by Crippen LogP contribution is 2.43. The fraction of sp³-hybridized carbons (Fsp3) is 0.890. The number of nitrogens with one attached hydrogen (secondary N) is 1. The topological polar surface area (TPSA) is 111 Å². The van der Waals surface area contributed by atoms with E-state index in [2.05, 4.69) is 50.4 Å². The van der Waals surface area contributed by atoms with Crippen LogP contribution in [0.25, 0.3) is 0 Å². The molecule has 0 fully saturated rings. The van der Waals surface area contributed by atoms with Crippen molar-refractivity contribution >= 4 is 19.7 Å². The lowest BCUT2D eigenvalue weighted by Crippen LogP contribution is -2.47. The number of quaternary nitrogens is 1. The number of carbonyl (C=O) groups is 2. The normalized spacial score (nSPS) is 13.7. The Morgan fingerprint density at radius 1 is 0.422 bits per heavy atom. The molecular formula is C73H142N2O7P+.